The number of benzene rings is 1. The average molecular weight is 379 g/mol. The summed E-state index contributed by atoms with van der Waals surface area (Å²) in [7, 11) is 0. The minimum Gasteiger partial charge on any atom is -0.506 e. The van der Waals surface area contributed by atoms with E-state index in [0.29, 0.717) is 5.75 Å². The Morgan fingerprint density at radius 2 is 1.65 bits per heavy atom. The molecule has 0 spiro atoms. The third kappa shape index (κ3) is 3.34. The first kappa shape index (κ1) is 17.3. The molecular weight excluding hydrogens is 348 g/mol. The van der Waals surface area contributed by atoms with Gasteiger partial charge in [-0.05, 0) is 88.2 Å². The average Bonchev–Trinajstić information content (AvgIpc) is 2.38. The number of phenols is 1. The van der Waals surface area contributed by atoms with Gasteiger partial charge in [-0.25, -0.2) is 0 Å². The second-order valence-electron chi connectivity index (χ2n) is 9.62. The van der Waals surface area contributed by atoms with Crippen molar-refractivity contribution in [3.8, 4) is 5.75 Å². The maximum atomic E-state index is 10.8. The summed E-state index contributed by atoms with van der Waals surface area (Å²) in [6.07, 6.45) is 6.59. The topological polar surface area (TPSA) is 20.2 Å². The van der Waals surface area contributed by atoms with Crippen molar-refractivity contribution in [3.05, 3.63) is 27.7 Å². The van der Waals surface area contributed by atoms with Gasteiger partial charge in [0, 0.05) is 5.56 Å². The summed E-state index contributed by atoms with van der Waals surface area (Å²) in [6.45, 7) is 11.5. The van der Waals surface area contributed by atoms with Crippen LogP contribution in [0.4, 0.5) is 0 Å². The lowest BCUT2D eigenvalue weighted by molar-refractivity contribution is 0.0886. The van der Waals surface area contributed by atoms with E-state index < -0.39 is 0 Å². The Morgan fingerprint density at radius 1 is 1.09 bits per heavy atom. The highest BCUT2D eigenvalue weighted by Gasteiger charge is 2.43. The molecule has 2 heteroatoms. The molecule has 0 aliphatic heterocycles. The van der Waals surface area contributed by atoms with Crippen LogP contribution in [0.15, 0.2) is 16.6 Å². The van der Waals surface area contributed by atoms with Gasteiger partial charge in [0.25, 0.3) is 0 Å². The Bertz CT molecular complexity index is 581. The highest BCUT2D eigenvalue weighted by atomic mass is 79.9. The van der Waals surface area contributed by atoms with Crippen LogP contribution in [-0.2, 0) is 10.8 Å². The van der Waals surface area contributed by atoms with Gasteiger partial charge in [-0.2, -0.15) is 0 Å². The Labute approximate surface area is 150 Å². The maximum absolute atomic E-state index is 10.8. The van der Waals surface area contributed by atoms with Gasteiger partial charge in [0.15, 0.2) is 0 Å². The second-order valence-corrected chi connectivity index (χ2v) is 10.5. The molecule has 2 bridgehead atoms. The van der Waals surface area contributed by atoms with Crippen LogP contribution >= 0.6 is 15.9 Å². The van der Waals surface area contributed by atoms with E-state index in [2.05, 4.69) is 62.7 Å². The molecule has 1 nitrogen and oxygen atoms in total. The summed E-state index contributed by atoms with van der Waals surface area (Å²) < 4.78 is 0.852. The molecule has 0 saturated heterocycles. The quantitative estimate of drug-likeness (QED) is 0.586. The zero-order valence-corrected chi connectivity index (χ0v) is 16.8. The Hall–Kier alpha value is -0.500. The van der Waals surface area contributed by atoms with E-state index in [1.165, 1.54) is 43.2 Å². The van der Waals surface area contributed by atoms with E-state index in [0.717, 1.165) is 22.2 Å². The Balaban J connectivity index is 2.02. The van der Waals surface area contributed by atoms with Gasteiger partial charge in [-0.3, -0.25) is 0 Å². The Kier molecular flexibility index (Phi) is 4.36. The van der Waals surface area contributed by atoms with Crippen LogP contribution in [0.3, 0.4) is 0 Å². The third-order valence-electron chi connectivity index (χ3n) is 6.20. The summed E-state index contributed by atoms with van der Waals surface area (Å²) in [6, 6.07) is 4.37. The zero-order valence-electron chi connectivity index (χ0n) is 15.2. The molecule has 2 aliphatic rings. The molecule has 1 aromatic carbocycles. The molecular formula is C21H31BrO. The predicted molar refractivity (Wildman–Crippen MR) is 101 cm³/mol. The van der Waals surface area contributed by atoms with Crippen molar-refractivity contribution in [3.63, 3.8) is 0 Å². The molecule has 3 rings (SSSR count). The lowest BCUT2D eigenvalue weighted by Gasteiger charge is -2.48. The molecule has 2 saturated carbocycles. The Morgan fingerprint density at radius 3 is 2.17 bits per heavy atom. The largest absolute Gasteiger partial charge is 0.506 e. The van der Waals surface area contributed by atoms with Crippen LogP contribution < -0.4 is 0 Å². The van der Waals surface area contributed by atoms with Gasteiger partial charge in [0.2, 0.25) is 0 Å². The zero-order chi connectivity index (χ0) is 17.0. The van der Waals surface area contributed by atoms with Crippen LogP contribution in [0, 0.1) is 17.8 Å². The van der Waals surface area contributed by atoms with E-state index in [1.54, 1.807) is 0 Å². The van der Waals surface area contributed by atoms with E-state index in [4.69, 9.17) is 0 Å². The number of fused-ring (bicyclic) bond motifs is 2. The molecule has 1 aromatic rings. The van der Waals surface area contributed by atoms with Crippen molar-refractivity contribution >= 4 is 15.9 Å². The van der Waals surface area contributed by atoms with Crippen molar-refractivity contribution in [2.75, 3.05) is 0 Å². The highest BCUT2D eigenvalue weighted by Crippen LogP contribution is 2.54. The fourth-order valence-electron chi connectivity index (χ4n) is 5.30. The molecule has 23 heavy (non-hydrogen) atoms. The molecule has 128 valence electrons. The summed E-state index contributed by atoms with van der Waals surface area (Å²) in [5.74, 6) is 3.01. The van der Waals surface area contributed by atoms with Gasteiger partial charge in [-0.1, -0.05) is 40.7 Å². The highest BCUT2D eigenvalue weighted by molar-refractivity contribution is 9.10. The summed E-state index contributed by atoms with van der Waals surface area (Å²) >= 11 is 3.60. The number of rotatable bonds is 1. The molecule has 2 aliphatic carbocycles. The lowest BCUT2D eigenvalue weighted by Crippen LogP contribution is -2.39. The van der Waals surface area contributed by atoms with Crippen LogP contribution in [0.5, 0.6) is 5.75 Å². The van der Waals surface area contributed by atoms with Gasteiger partial charge in [0.1, 0.15) is 5.75 Å². The third-order valence-corrected chi connectivity index (χ3v) is 6.80. The van der Waals surface area contributed by atoms with E-state index in [1.807, 2.05) is 0 Å². The van der Waals surface area contributed by atoms with E-state index in [-0.39, 0.29) is 10.8 Å². The molecule has 2 atom stereocenters. The second kappa shape index (κ2) is 5.79. The van der Waals surface area contributed by atoms with Crippen molar-refractivity contribution in [1.29, 1.82) is 0 Å². The smallest absolute Gasteiger partial charge is 0.133 e. The molecule has 0 aromatic heterocycles. The number of halogens is 1. The summed E-state index contributed by atoms with van der Waals surface area (Å²) in [4.78, 5) is 0. The normalized spacial score (nSPS) is 34.4. The minimum absolute atomic E-state index is 0.0976. The molecule has 2 unspecified atom stereocenters. The number of hydrogen-bond donors (Lipinski definition) is 1. The summed E-state index contributed by atoms with van der Waals surface area (Å²) in [5, 5.41) is 10.8. The number of phenolic OH excluding ortho intramolecular Hbond substituents is 1. The van der Waals surface area contributed by atoms with Crippen LogP contribution in [0.1, 0.15) is 77.8 Å². The molecule has 2 fully saturated rings. The first-order valence-electron chi connectivity index (χ1n) is 9.12. The molecule has 0 heterocycles. The van der Waals surface area contributed by atoms with Gasteiger partial charge in [-0.15, -0.1) is 0 Å². The fraction of sp³-hybridized carbons (Fsp3) is 0.714. The van der Waals surface area contributed by atoms with Crippen LogP contribution in [0.25, 0.3) is 0 Å². The van der Waals surface area contributed by atoms with Crippen molar-refractivity contribution in [2.24, 2.45) is 17.8 Å². The monoisotopic (exact) mass is 378 g/mol. The molecule has 0 radical (unpaired) electrons. The number of aromatic hydroxyl groups is 1. The lowest BCUT2D eigenvalue weighted by atomic mass is 9.57. The standard InChI is InChI=1S/C21H31BrO/c1-13-6-14-8-15(7-13)12-21(5,11-14)17-9-16(20(2,3)4)10-18(22)19(17)23/h9-10,13-15,23H,6-8,11-12H2,1-5H3. The van der Waals surface area contributed by atoms with Crippen molar-refractivity contribution < 1.29 is 5.11 Å². The number of hydrogen-bond acceptors (Lipinski definition) is 1. The first-order valence-corrected chi connectivity index (χ1v) is 9.91. The van der Waals surface area contributed by atoms with Crippen LogP contribution in [0.2, 0.25) is 0 Å². The summed E-state index contributed by atoms with van der Waals surface area (Å²) in [5.41, 5.74) is 2.69. The molecule has 1 N–H and O–H groups in total. The fourth-order valence-corrected chi connectivity index (χ4v) is 5.76. The van der Waals surface area contributed by atoms with Crippen LogP contribution in [-0.4, -0.2) is 5.11 Å². The van der Waals surface area contributed by atoms with Gasteiger partial charge in [0.05, 0.1) is 4.47 Å². The minimum atomic E-state index is 0.0976. The SMILES string of the molecule is CC1CC2CC(C1)CC(C)(c1cc(C(C)(C)C)cc(Br)c1O)C2. The van der Waals surface area contributed by atoms with E-state index in [9.17, 15) is 5.11 Å². The van der Waals surface area contributed by atoms with E-state index >= 15 is 0 Å². The predicted octanol–water partition coefficient (Wildman–Crippen LogP) is 6.56. The van der Waals surface area contributed by atoms with Gasteiger partial charge < -0.3 is 5.11 Å². The first-order chi connectivity index (χ1) is 10.6. The van der Waals surface area contributed by atoms with Crippen molar-refractivity contribution in [2.45, 2.75) is 77.6 Å². The van der Waals surface area contributed by atoms with Crippen molar-refractivity contribution in [1.82, 2.24) is 0 Å². The van der Waals surface area contributed by atoms with Gasteiger partial charge >= 0.3 is 0 Å². The maximum Gasteiger partial charge on any atom is 0.133 e. The molecule has 0 amide bonds.